The van der Waals surface area contributed by atoms with Gasteiger partial charge in [-0.25, -0.2) is 0 Å². The molecule has 2 aromatic heterocycles. The largest absolute Gasteiger partial charge is 0.453 e. The Balaban J connectivity index is 1.80. The van der Waals surface area contributed by atoms with Crippen molar-refractivity contribution in [2.75, 3.05) is 7.11 Å². The monoisotopic (exact) mass is 403 g/mol. The summed E-state index contributed by atoms with van der Waals surface area (Å²) >= 11 is 1.33. The van der Waals surface area contributed by atoms with Gasteiger partial charge in [-0.15, -0.1) is 10.2 Å². The number of hydrogen-bond donors (Lipinski definition) is 0. The van der Waals surface area contributed by atoms with Crippen LogP contribution in [0.1, 0.15) is 49.0 Å². The zero-order valence-corrected chi connectivity index (χ0v) is 16.9. The van der Waals surface area contributed by atoms with Crippen LogP contribution in [0.25, 0.3) is 11.7 Å². The number of nitro groups is 1. The van der Waals surface area contributed by atoms with Crippen molar-refractivity contribution >= 4 is 17.4 Å². The van der Waals surface area contributed by atoms with Gasteiger partial charge in [0, 0.05) is 30.1 Å². The summed E-state index contributed by atoms with van der Waals surface area (Å²) in [5.74, 6) is 1.55. The quantitative estimate of drug-likeness (QED) is 0.281. The Morgan fingerprint density at radius 2 is 2.04 bits per heavy atom. The molecule has 3 rings (SSSR count). The summed E-state index contributed by atoms with van der Waals surface area (Å²) in [7, 11) is 1.62. The molecule has 0 spiro atoms. The van der Waals surface area contributed by atoms with Crippen molar-refractivity contribution < 1.29 is 18.5 Å². The van der Waals surface area contributed by atoms with E-state index >= 15 is 0 Å². The van der Waals surface area contributed by atoms with Crippen molar-refractivity contribution in [2.45, 2.75) is 43.8 Å². The highest BCUT2D eigenvalue weighted by Gasteiger charge is 2.22. The van der Waals surface area contributed by atoms with Gasteiger partial charge in [-0.05, 0) is 31.9 Å². The fourth-order valence-corrected chi connectivity index (χ4v) is 3.47. The lowest BCUT2D eigenvalue weighted by atomic mass is 10.1. The minimum absolute atomic E-state index is 0.0548. The summed E-state index contributed by atoms with van der Waals surface area (Å²) in [4.78, 5) is 10.6. The highest BCUT2D eigenvalue weighted by Crippen LogP contribution is 2.37. The number of aryl methyl sites for hydroxylation is 1. The molecule has 3 aromatic rings. The molecule has 1 aromatic carbocycles. The minimum atomic E-state index is -0.409. The zero-order valence-electron chi connectivity index (χ0n) is 16.0. The van der Waals surface area contributed by atoms with Gasteiger partial charge in [0.25, 0.3) is 16.8 Å². The van der Waals surface area contributed by atoms with Crippen molar-refractivity contribution in [3.8, 4) is 11.7 Å². The van der Waals surface area contributed by atoms with E-state index in [-0.39, 0.29) is 17.0 Å². The van der Waals surface area contributed by atoms with Crippen LogP contribution in [-0.4, -0.2) is 22.2 Å². The van der Waals surface area contributed by atoms with E-state index in [4.69, 9.17) is 13.6 Å². The van der Waals surface area contributed by atoms with E-state index in [1.165, 1.54) is 17.8 Å². The Bertz CT molecular complexity index is 968. The lowest BCUT2D eigenvalue weighted by Gasteiger charge is -2.08. The van der Waals surface area contributed by atoms with Gasteiger partial charge in [-0.1, -0.05) is 30.8 Å². The van der Waals surface area contributed by atoms with Gasteiger partial charge in [0.2, 0.25) is 0 Å². The molecule has 0 aliphatic heterocycles. The van der Waals surface area contributed by atoms with Crippen molar-refractivity contribution in [3.63, 3.8) is 0 Å². The molecule has 28 heavy (non-hydrogen) atoms. The standard InChI is InChI=1S/C19H21N3O5S/c1-5-13-10-16(11(2)25-4)26-17(13)18-20-21-19(27-18)28-12(3)14-7-6-8-15(9-14)22(23)24/h6-12H,5H2,1-4H3. The van der Waals surface area contributed by atoms with Gasteiger partial charge in [0.15, 0.2) is 5.76 Å². The van der Waals surface area contributed by atoms with E-state index in [0.717, 1.165) is 17.5 Å². The molecule has 0 fully saturated rings. The molecule has 9 heteroatoms. The first kappa shape index (κ1) is 20.1. The van der Waals surface area contributed by atoms with Gasteiger partial charge < -0.3 is 13.6 Å². The predicted molar refractivity (Wildman–Crippen MR) is 104 cm³/mol. The van der Waals surface area contributed by atoms with E-state index < -0.39 is 4.92 Å². The number of methoxy groups -OCH3 is 1. The van der Waals surface area contributed by atoms with E-state index in [2.05, 4.69) is 10.2 Å². The summed E-state index contributed by atoms with van der Waals surface area (Å²) in [6.45, 7) is 5.85. The summed E-state index contributed by atoms with van der Waals surface area (Å²) in [5, 5.41) is 19.4. The maximum Gasteiger partial charge on any atom is 0.284 e. The zero-order chi connectivity index (χ0) is 20.3. The molecule has 2 heterocycles. The number of hydrogen-bond acceptors (Lipinski definition) is 8. The van der Waals surface area contributed by atoms with Crippen LogP contribution in [0.5, 0.6) is 0 Å². The Kier molecular flexibility index (Phi) is 6.15. The second-order valence-electron chi connectivity index (χ2n) is 6.22. The van der Waals surface area contributed by atoms with Crippen molar-refractivity contribution in [1.82, 2.24) is 10.2 Å². The Morgan fingerprint density at radius 1 is 1.25 bits per heavy atom. The number of non-ortho nitro benzene ring substituents is 1. The third-order valence-electron chi connectivity index (χ3n) is 4.39. The van der Waals surface area contributed by atoms with Gasteiger partial charge >= 0.3 is 0 Å². The van der Waals surface area contributed by atoms with Crippen LogP contribution in [0, 0.1) is 10.1 Å². The lowest BCUT2D eigenvalue weighted by molar-refractivity contribution is -0.384. The van der Waals surface area contributed by atoms with Crippen LogP contribution in [0.4, 0.5) is 5.69 Å². The third kappa shape index (κ3) is 4.26. The number of nitrogens with zero attached hydrogens (tertiary/aromatic N) is 3. The highest BCUT2D eigenvalue weighted by molar-refractivity contribution is 7.99. The topological polar surface area (TPSA) is 104 Å². The maximum absolute atomic E-state index is 11.0. The van der Waals surface area contributed by atoms with Gasteiger partial charge in [0.05, 0.1) is 4.92 Å². The molecule has 0 aliphatic rings. The normalized spacial score (nSPS) is 13.4. The molecule has 0 saturated heterocycles. The summed E-state index contributed by atoms with van der Waals surface area (Å²) in [6, 6.07) is 8.45. The van der Waals surface area contributed by atoms with Crippen LogP contribution in [0.3, 0.4) is 0 Å². The average Bonchev–Trinajstić information content (AvgIpc) is 3.34. The Morgan fingerprint density at radius 3 is 2.71 bits per heavy atom. The summed E-state index contributed by atoms with van der Waals surface area (Å²) in [5.41, 5.74) is 1.83. The first-order valence-corrected chi connectivity index (χ1v) is 9.71. The molecule has 148 valence electrons. The Hall–Kier alpha value is -2.65. The molecule has 0 aliphatic carbocycles. The molecule has 8 nitrogen and oxygen atoms in total. The fraction of sp³-hybridized carbons (Fsp3) is 0.368. The van der Waals surface area contributed by atoms with Gasteiger partial charge in [-0.3, -0.25) is 10.1 Å². The van der Waals surface area contributed by atoms with E-state index in [1.807, 2.05) is 32.9 Å². The number of furan rings is 1. The van der Waals surface area contributed by atoms with Gasteiger partial charge in [0.1, 0.15) is 11.9 Å². The van der Waals surface area contributed by atoms with Crippen molar-refractivity contribution in [3.05, 3.63) is 57.3 Å². The third-order valence-corrected chi connectivity index (χ3v) is 5.38. The lowest BCUT2D eigenvalue weighted by Crippen LogP contribution is -1.92. The number of ether oxygens (including phenoxy) is 1. The van der Waals surface area contributed by atoms with Crippen LogP contribution in [0.15, 0.2) is 44.4 Å². The summed E-state index contributed by atoms with van der Waals surface area (Å²) < 4.78 is 17.0. The number of benzene rings is 1. The number of nitro benzene ring substituents is 1. The van der Waals surface area contributed by atoms with E-state index in [1.54, 1.807) is 19.2 Å². The van der Waals surface area contributed by atoms with Crippen molar-refractivity contribution in [2.24, 2.45) is 0 Å². The van der Waals surface area contributed by atoms with E-state index in [0.29, 0.717) is 22.6 Å². The fourth-order valence-electron chi connectivity index (χ4n) is 2.67. The molecule has 0 radical (unpaired) electrons. The summed E-state index contributed by atoms with van der Waals surface area (Å²) in [6.07, 6.45) is 0.578. The van der Waals surface area contributed by atoms with Crippen LogP contribution in [-0.2, 0) is 11.2 Å². The first-order chi connectivity index (χ1) is 13.4. The average molecular weight is 403 g/mol. The maximum atomic E-state index is 11.0. The number of aromatic nitrogens is 2. The SMILES string of the molecule is CCc1cc(C(C)OC)oc1-c1nnc(SC(C)c2cccc([N+](=O)[O-])c2)o1. The molecule has 0 bridgehead atoms. The van der Waals surface area contributed by atoms with Crippen LogP contribution >= 0.6 is 11.8 Å². The Labute approximate surface area is 166 Å². The molecular weight excluding hydrogens is 382 g/mol. The molecular formula is C19H21N3O5S. The van der Waals surface area contributed by atoms with Gasteiger partial charge in [-0.2, -0.15) is 0 Å². The van der Waals surface area contributed by atoms with Crippen LogP contribution < -0.4 is 0 Å². The second kappa shape index (κ2) is 8.57. The second-order valence-corrected chi connectivity index (χ2v) is 7.51. The first-order valence-electron chi connectivity index (χ1n) is 8.83. The molecule has 0 N–H and O–H groups in total. The van der Waals surface area contributed by atoms with Crippen molar-refractivity contribution in [1.29, 1.82) is 0 Å². The minimum Gasteiger partial charge on any atom is -0.453 e. The highest BCUT2D eigenvalue weighted by atomic mass is 32.2. The number of thioether (sulfide) groups is 1. The molecule has 0 amide bonds. The smallest absolute Gasteiger partial charge is 0.284 e. The molecule has 2 atom stereocenters. The van der Waals surface area contributed by atoms with E-state index in [9.17, 15) is 10.1 Å². The van der Waals surface area contributed by atoms with Crippen LogP contribution in [0.2, 0.25) is 0 Å². The predicted octanol–water partition coefficient (Wildman–Crippen LogP) is 5.36. The number of rotatable bonds is 8. The molecule has 2 unspecified atom stereocenters. The molecule has 0 saturated carbocycles.